The Balaban J connectivity index is 3.91. The predicted octanol–water partition coefficient (Wildman–Crippen LogP) is -0.0684. The van der Waals surface area contributed by atoms with E-state index in [1.165, 1.54) is 14.0 Å². The Morgan fingerprint density at radius 3 is 2.45 bits per heavy atom. The molecule has 0 saturated carbocycles. The first kappa shape index (κ1) is 9.94. The van der Waals surface area contributed by atoms with Crippen LogP contribution in [0.4, 0.5) is 0 Å². The molecule has 0 aliphatic carbocycles. The van der Waals surface area contributed by atoms with Crippen LogP contribution < -0.4 is 5.32 Å². The zero-order valence-corrected chi connectivity index (χ0v) is 7.01. The Labute approximate surface area is 65.9 Å². The van der Waals surface area contributed by atoms with E-state index in [0.29, 0.717) is 6.61 Å². The van der Waals surface area contributed by atoms with Crippen molar-refractivity contribution in [1.29, 1.82) is 0 Å². The molecule has 0 aliphatic rings. The van der Waals surface area contributed by atoms with Gasteiger partial charge in [-0.3, -0.25) is 9.59 Å². The van der Waals surface area contributed by atoms with Crippen molar-refractivity contribution >= 4 is 11.9 Å². The Morgan fingerprint density at radius 2 is 2.09 bits per heavy atom. The quantitative estimate of drug-likeness (QED) is 0.463. The van der Waals surface area contributed by atoms with Gasteiger partial charge in [0.05, 0.1) is 6.61 Å². The molecule has 4 heteroatoms. The van der Waals surface area contributed by atoms with E-state index in [4.69, 9.17) is 0 Å². The van der Waals surface area contributed by atoms with E-state index >= 15 is 0 Å². The second-order valence-electron chi connectivity index (χ2n) is 2.09. The summed E-state index contributed by atoms with van der Waals surface area (Å²) < 4.78 is 4.63. The summed E-state index contributed by atoms with van der Waals surface area (Å²) >= 11 is 0. The fourth-order valence-corrected chi connectivity index (χ4v) is 0.591. The molecule has 0 aliphatic heterocycles. The van der Waals surface area contributed by atoms with E-state index in [1.54, 1.807) is 6.92 Å². The van der Waals surface area contributed by atoms with Gasteiger partial charge in [0.25, 0.3) is 0 Å². The summed E-state index contributed by atoms with van der Waals surface area (Å²) in [6.45, 7) is 3.52. The van der Waals surface area contributed by atoms with Gasteiger partial charge in [-0.15, -0.1) is 0 Å². The molecule has 1 atom stereocenters. The first-order valence-electron chi connectivity index (χ1n) is 3.51. The average molecular weight is 159 g/mol. The minimum atomic E-state index is -0.708. The molecule has 0 aromatic carbocycles. The van der Waals surface area contributed by atoms with Crippen molar-refractivity contribution in [2.24, 2.45) is 5.92 Å². The second-order valence-corrected chi connectivity index (χ2v) is 2.09. The summed E-state index contributed by atoms with van der Waals surface area (Å²) in [5, 5.41) is 2.36. The molecule has 0 fully saturated rings. The number of amides is 1. The van der Waals surface area contributed by atoms with E-state index in [1.807, 2.05) is 0 Å². The molecule has 0 spiro atoms. The molecule has 0 radical (unpaired) electrons. The monoisotopic (exact) mass is 159 g/mol. The topological polar surface area (TPSA) is 55.4 Å². The summed E-state index contributed by atoms with van der Waals surface area (Å²) in [4.78, 5) is 21.7. The Bertz CT molecular complexity index is 156. The summed E-state index contributed by atoms with van der Waals surface area (Å²) in [5.41, 5.74) is 0. The van der Waals surface area contributed by atoms with Gasteiger partial charge in [0.15, 0.2) is 0 Å². The SMILES string of the molecule is CCOC(=O)C(C)C(=O)NC. The van der Waals surface area contributed by atoms with Crippen LogP contribution in [-0.2, 0) is 14.3 Å². The minimum Gasteiger partial charge on any atom is -0.465 e. The summed E-state index contributed by atoms with van der Waals surface area (Å²) in [6.07, 6.45) is 0. The van der Waals surface area contributed by atoms with Crippen molar-refractivity contribution in [1.82, 2.24) is 5.32 Å². The molecule has 4 nitrogen and oxygen atoms in total. The molecule has 0 rings (SSSR count). The number of esters is 1. The van der Waals surface area contributed by atoms with Gasteiger partial charge in [0, 0.05) is 7.05 Å². The van der Waals surface area contributed by atoms with E-state index < -0.39 is 11.9 Å². The van der Waals surface area contributed by atoms with Crippen LogP contribution >= 0.6 is 0 Å². The van der Waals surface area contributed by atoms with Gasteiger partial charge >= 0.3 is 5.97 Å². The smallest absolute Gasteiger partial charge is 0.318 e. The Morgan fingerprint density at radius 1 is 1.55 bits per heavy atom. The molecule has 0 saturated heterocycles. The molecular weight excluding hydrogens is 146 g/mol. The molecule has 11 heavy (non-hydrogen) atoms. The average Bonchev–Trinajstić information content (AvgIpc) is 2.02. The zero-order chi connectivity index (χ0) is 8.85. The third-order valence-corrected chi connectivity index (χ3v) is 1.28. The summed E-state index contributed by atoms with van der Waals surface area (Å²) in [7, 11) is 1.48. The summed E-state index contributed by atoms with van der Waals surface area (Å²) in [6, 6.07) is 0. The number of hydrogen-bond acceptors (Lipinski definition) is 3. The van der Waals surface area contributed by atoms with Crippen LogP contribution in [-0.4, -0.2) is 25.5 Å². The van der Waals surface area contributed by atoms with Gasteiger partial charge in [-0.25, -0.2) is 0 Å². The fourth-order valence-electron chi connectivity index (χ4n) is 0.591. The molecule has 0 heterocycles. The highest BCUT2D eigenvalue weighted by Crippen LogP contribution is 1.97. The fraction of sp³-hybridized carbons (Fsp3) is 0.714. The maximum atomic E-state index is 10.9. The van der Waals surface area contributed by atoms with Crippen LogP contribution in [0.1, 0.15) is 13.8 Å². The summed E-state index contributed by atoms with van der Waals surface area (Å²) in [5.74, 6) is -1.50. The number of carbonyl (C=O) groups excluding carboxylic acids is 2. The number of hydrogen-bond donors (Lipinski definition) is 1. The van der Waals surface area contributed by atoms with Crippen molar-refractivity contribution in [3.63, 3.8) is 0 Å². The van der Waals surface area contributed by atoms with Crippen molar-refractivity contribution in [3.8, 4) is 0 Å². The molecule has 64 valence electrons. The minimum absolute atomic E-state index is 0.306. The van der Waals surface area contributed by atoms with E-state index in [2.05, 4.69) is 10.1 Å². The van der Waals surface area contributed by atoms with E-state index in [0.717, 1.165) is 0 Å². The molecule has 1 amide bonds. The van der Waals surface area contributed by atoms with Gasteiger partial charge in [0.2, 0.25) is 5.91 Å². The van der Waals surface area contributed by atoms with Crippen LogP contribution in [0.2, 0.25) is 0 Å². The lowest BCUT2D eigenvalue weighted by atomic mass is 10.2. The van der Waals surface area contributed by atoms with Crippen molar-refractivity contribution in [2.45, 2.75) is 13.8 Å². The van der Waals surface area contributed by atoms with Gasteiger partial charge in [-0.05, 0) is 13.8 Å². The van der Waals surface area contributed by atoms with Crippen molar-refractivity contribution in [3.05, 3.63) is 0 Å². The predicted molar refractivity (Wildman–Crippen MR) is 39.9 cm³/mol. The molecule has 0 bridgehead atoms. The highest BCUT2D eigenvalue weighted by atomic mass is 16.5. The number of ether oxygens (including phenoxy) is 1. The zero-order valence-electron chi connectivity index (χ0n) is 7.01. The highest BCUT2D eigenvalue weighted by molar-refractivity contribution is 5.97. The van der Waals surface area contributed by atoms with E-state index in [9.17, 15) is 9.59 Å². The Kier molecular flexibility index (Phi) is 4.26. The van der Waals surface area contributed by atoms with Crippen LogP contribution in [0, 0.1) is 5.92 Å². The van der Waals surface area contributed by atoms with Crippen LogP contribution in [0.3, 0.4) is 0 Å². The van der Waals surface area contributed by atoms with Gasteiger partial charge in [0.1, 0.15) is 5.92 Å². The largest absolute Gasteiger partial charge is 0.465 e. The number of rotatable bonds is 3. The third-order valence-electron chi connectivity index (χ3n) is 1.28. The van der Waals surface area contributed by atoms with E-state index in [-0.39, 0.29) is 5.91 Å². The van der Waals surface area contributed by atoms with Gasteiger partial charge in [-0.2, -0.15) is 0 Å². The normalized spacial score (nSPS) is 11.9. The molecule has 1 N–H and O–H groups in total. The Hall–Kier alpha value is -1.06. The standard InChI is InChI=1S/C7H13NO3/c1-4-11-7(10)5(2)6(9)8-3/h5H,4H2,1-3H3,(H,8,9). The van der Waals surface area contributed by atoms with Crippen molar-refractivity contribution in [2.75, 3.05) is 13.7 Å². The van der Waals surface area contributed by atoms with Crippen LogP contribution in [0.25, 0.3) is 0 Å². The van der Waals surface area contributed by atoms with Crippen molar-refractivity contribution < 1.29 is 14.3 Å². The number of carbonyl (C=O) groups is 2. The van der Waals surface area contributed by atoms with Crippen LogP contribution in [0.15, 0.2) is 0 Å². The first-order valence-corrected chi connectivity index (χ1v) is 3.51. The lowest BCUT2D eigenvalue weighted by Crippen LogP contribution is -2.32. The third kappa shape index (κ3) is 3.02. The lowest BCUT2D eigenvalue weighted by molar-refractivity contribution is -0.151. The first-order chi connectivity index (χ1) is 5.13. The van der Waals surface area contributed by atoms with Gasteiger partial charge < -0.3 is 10.1 Å². The highest BCUT2D eigenvalue weighted by Gasteiger charge is 2.20. The van der Waals surface area contributed by atoms with Gasteiger partial charge in [-0.1, -0.05) is 0 Å². The maximum Gasteiger partial charge on any atom is 0.318 e. The second kappa shape index (κ2) is 4.71. The maximum absolute atomic E-state index is 10.9. The van der Waals surface area contributed by atoms with Crippen LogP contribution in [0.5, 0.6) is 0 Å². The molecule has 0 aromatic rings. The lowest BCUT2D eigenvalue weighted by Gasteiger charge is -2.07. The molecule has 0 aromatic heterocycles. The number of nitrogens with one attached hydrogen (secondary N) is 1. The molecular formula is C7H13NO3. The molecule has 1 unspecified atom stereocenters.